The summed E-state index contributed by atoms with van der Waals surface area (Å²) in [5.74, 6) is -0.898. The molecule has 0 aromatic rings. The Morgan fingerprint density at radius 1 is 0.344 bits per heavy atom. The number of carbonyl (C=O) groups excluding carboxylic acids is 3. The van der Waals surface area contributed by atoms with E-state index in [-0.39, 0.29) is 31.1 Å². The molecule has 0 aliphatic heterocycles. The van der Waals surface area contributed by atoms with Crippen LogP contribution in [0, 0.1) is 0 Å². The van der Waals surface area contributed by atoms with Gasteiger partial charge >= 0.3 is 17.9 Å². The summed E-state index contributed by atoms with van der Waals surface area (Å²) in [4.78, 5) is 38.0. The zero-order chi connectivity index (χ0) is 44.4. The first-order chi connectivity index (χ1) is 30.0. The fraction of sp³-hybridized carbons (Fsp3) is 0.800. The van der Waals surface area contributed by atoms with Crippen molar-refractivity contribution in [3.05, 3.63) is 48.6 Å². The Labute approximate surface area is 378 Å². The van der Waals surface area contributed by atoms with Gasteiger partial charge in [-0.25, -0.2) is 0 Å². The Kier molecular flexibility index (Phi) is 47.9. The van der Waals surface area contributed by atoms with Crippen molar-refractivity contribution in [2.45, 2.75) is 271 Å². The third-order valence-electron chi connectivity index (χ3n) is 11.3. The first-order valence-corrected chi connectivity index (χ1v) is 26.1. The van der Waals surface area contributed by atoms with Crippen molar-refractivity contribution in [3.8, 4) is 0 Å². The lowest BCUT2D eigenvalue weighted by molar-refractivity contribution is -0.167. The maximum Gasteiger partial charge on any atom is 0.306 e. The molecule has 0 saturated carbocycles. The highest BCUT2D eigenvalue weighted by Gasteiger charge is 2.19. The van der Waals surface area contributed by atoms with Crippen LogP contribution < -0.4 is 0 Å². The van der Waals surface area contributed by atoms with E-state index in [0.29, 0.717) is 19.3 Å². The van der Waals surface area contributed by atoms with Crippen LogP contribution in [0.3, 0.4) is 0 Å². The van der Waals surface area contributed by atoms with Crippen molar-refractivity contribution in [3.63, 3.8) is 0 Å². The van der Waals surface area contributed by atoms with Crippen LogP contribution in [-0.2, 0) is 28.6 Å². The molecule has 0 fully saturated rings. The van der Waals surface area contributed by atoms with E-state index in [4.69, 9.17) is 14.2 Å². The number of esters is 3. The minimum Gasteiger partial charge on any atom is -0.462 e. The molecular weight excluding hydrogens is 757 g/mol. The van der Waals surface area contributed by atoms with Crippen molar-refractivity contribution in [1.82, 2.24) is 0 Å². The molecule has 0 radical (unpaired) electrons. The monoisotopic (exact) mass is 855 g/mol. The molecule has 6 nitrogen and oxygen atoms in total. The summed E-state index contributed by atoms with van der Waals surface area (Å²) in [5.41, 5.74) is 0. The second kappa shape index (κ2) is 50.0. The molecule has 1 unspecified atom stereocenters. The van der Waals surface area contributed by atoms with Crippen LogP contribution in [0.1, 0.15) is 265 Å². The van der Waals surface area contributed by atoms with Gasteiger partial charge in [0.05, 0.1) is 0 Å². The van der Waals surface area contributed by atoms with Crippen LogP contribution in [0.5, 0.6) is 0 Å². The van der Waals surface area contributed by atoms with E-state index >= 15 is 0 Å². The van der Waals surface area contributed by atoms with Crippen LogP contribution in [0.4, 0.5) is 0 Å². The normalized spacial score (nSPS) is 12.4. The van der Waals surface area contributed by atoms with Gasteiger partial charge in [-0.2, -0.15) is 0 Å². The Morgan fingerprint density at radius 2 is 0.639 bits per heavy atom. The standard InChI is InChI=1S/C55H98O6/c1-4-7-10-13-16-19-22-25-27-30-33-36-39-42-45-48-54(57)60-51-52(50-59-53(56)47-44-41-38-35-32-29-24-21-18-15-12-9-6-3)61-55(58)49-46-43-40-37-34-31-28-26-23-20-17-14-11-8-5-2/h8,11,17,20,25-28,52H,4-7,9-10,12-16,18-19,21-24,29-51H2,1-3H3/b11-8-,20-17-,27-25-,28-26-. The molecule has 61 heavy (non-hydrogen) atoms. The molecule has 1 atom stereocenters. The number of carbonyl (C=O) groups is 3. The van der Waals surface area contributed by atoms with Crippen LogP contribution in [-0.4, -0.2) is 37.2 Å². The summed E-state index contributed by atoms with van der Waals surface area (Å²) in [6.45, 7) is 6.51. The summed E-state index contributed by atoms with van der Waals surface area (Å²) in [7, 11) is 0. The highest BCUT2D eigenvalue weighted by Crippen LogP contribution is 2.15. The largest absolute Gasteiger partial charge is 0.462 e. The highest BCUT2D eigenvalue weighted by molar-refractivity contribution is 5.71. The molecular formula is C55H98O6. The van der Waals surface area contributed by atoms with Crippen LogP contribution >= 0.6 is 0 Å². The number of rotatable bonds is 47. The molecule has 0 aromatic carbocycles. The lowest BCUT2D eigenvalue weighted by atomic mass is 10.0. The molecule has 0 amide bonds. The average molecular weight is 855 g/mol. The molecule has 0 saturated heterocycles. The minimum absolute atomic E-state index is 0.0804. The van der Waals surface area contributed by atoms with Crippen LogP contribution in [0.2, 0.25) is 0 Å². The summed E-state index contributed by atoms with van der Waals surface area (Å²) in [6.07, 6.45) is 59.5. The fourth-order valence-electron chi connectivity index (χ4n) is 7.39. The third-order valence-corrected chi connectivity index (χ3v) is 11.3. The predicted octanol–water partition coefficient (Wildman–Crippen LogP) is 17.1. The van der Waals surface area contributed by atoms with Crippen LogP contribution in [0.25, 0.3) is 0 Å². The SMILES string of the molecule is CC/C=C\C/C=C\C/C=C\CCCCCCCC(=O)OC(COC(=O)CCCCCCC/C=C\CCCCCCCC)COC(=O)CCCCCCCCCCCCCCC. The number of unbranched alkanes of at least 4 members (excludes halogenated alkanes) is 28. The Morgan fingerprint density at radius 3 is 1.02 bits per heavy atom. The van der Waals surface area contributed by atoms with Crippen molar-refractivity contribution < 1.29 is 28.6 Å². The van der Waals surface area contributed by atoms with E-state index < -0.39 is 6.10 Å². The van der Waals surface area contributed by atoms with Gasteiger partial charge in [-0.05, 0) is 77.0 Å². The molecule has 6 heteroatoms. The van der Waals surface area contributed by atoms with E-state index in [1.165, 1.54) is 122 Å². The Hall–Kier alpha value is -2.63. The van der Waals surface area contributed by atoms with Gasteiger partial charge in [-0.15, -0.1) is 0 Å². The third kappa shape index (κ3) is 48.3. The maximum atomic E-state index is 12.8. The van der Waals surface area contributed by atoms with E-state index in [1.54, 1.807) is 0 Å². The lowest BCUT2D eigenvalue weighted by Crippen LogP contribution is -2.30. The van der Waals surface area contributed by atoms with Crippen molar-refractivity contribution in [1.29, 1.82) is 0 Å². The maximum absolute atomic E-state index is 12.8. The molecule has 0 spiro atoms. The van der Waals surface area contributed by atoms with E-state index in [1.807, 2.05) is 0 Å². The molecule has 0 aromatic heterocycles. The Bertz CT molecular complexity index is 1070. The molecule has 0 aliphatic carbocycles. The highest BCUT2D eigenvalue weighted by atomic mass is 16.6. The number of ether oxygens (including phenoxy) is 3. The van der Waals surface area contributed by atoms with Crippen molar-refractivity contribution in [2.24, 2.45) is 0 Å². The van der Waals surface area contributed by atoms with Gasteiger partial charge in [0.1, 0.15) is 13.2 Å². The van der Waals surface area contributed by atoms with Gasteiger partial charge in [0, 0.05) is 19.3 Å². The topological polar surface area (TPSA) is 78.9 Å². The van der Waals surface area contributed by atoms with E-state index in [0.717, 1.165) is 103 Å². The molecule has 0 heterocycles. The first-order valence-electron chi connectivity index (χ1n) is 26.1. The smallest absolute Gasteiger partial charge is 0.306 e. The quantitative estimate of drug-likeness (QED) is 0.0263. The summed E-state index contributed by atoms with van der Waals surface area (Å²) in [5, 5.41) is 0. The van der Waals surface area contributed by atoms with Gasteiger partial charge in [-0.1, -0.05) is 217 Å². The number of hydrogen-bond acceptors (Lipinski definition) is 6. The predicted molar refractivity (Wildman–Crippen MR) is 261 cm³/mol. The van der Waals surface area contributed by atoms with Gasteiger partial charge in [0.2, 0.25) is 0 Å². The van der Waals surface area contributed by atoms with Gasteiger partial charge in [-0.3, -0.25) is 14.4 Å². The molecule has 0 aliphatic rings. The number of hydrogen-bond donors (Lipinski definition) is 0. The van der Waals surface area contributed by atoms with Gasteiger partial charge < -0.3 is 14.2 Å². The second-order valence-electron chi connectivity index (χ2n) is 17.4. The molecule has 0 bridgehead atoms. The van der Waals surface area contributed by atoms with E-state index in [9.17, 15) is 14.4 Å². The Balaban J connectivity index is 4.40. The number of allylic oxidation sites excluding steroid dienone is 8. The first kappa shape index (κ1) is 58.4. The van der Waals surface area contributed by atoms with Gasteiger partial charge in [0.15, 0.2) is 6.10 Å². The molecule has 354 valence electrons. The average Bonchev–Trinajstić information content (AvgIpc) is 3.26. The molecule has 0 rings (SSSR count). The minimum atomic E-state index is -0.782. The van der Waals surface area contributed by atoms with Crippen molar-refractivity contribution >= 4 is 17.9 Å². The van der Waals surface area contributed by atoms with Gasteiger partial charge in [0.25, 0.3) is 0 Å². The zero-order valence-electron chi connectivity index (χ0n) is 40.4. The summed E-state index contributed by atoms with van der Waals surface area (Å²) < 4.78 is 16.8. The zero-order valence-corrected chi connectivity index (χ0v) is 40.4. The second-order valence-corrected chi connectivity index (χ2v) is 17.4. The lowest BCUT2D eigenvalue weighted by Gasteiger charge is -2.18. The summed E-state index contributed by atoms with van der Waals surface area (Å²) >= 11 is 0. The van der Waals surface area contributed by atoms with E-state index in [2.05, 4.69) is 69.4 Å². The fourth-order valence-corrected chi connectivity index (χ4v) is 7.39. The van der Waals surface area contributed by atoms with Crippen LogP contribution in [0.15, 0.2) is 48.6 Å². The molecule has 0 N–H and O–H groups in total. The summed E-state index contributed by atoms with van der Waals surface area (Å²) in [6, 6.07) is 0. The van der Waals surface area contributed by atoms with Crippen molar-refractivity contribution in [2.75, 3.05) is 13.2 Å².